The van der Waals surface area contributed by atoms with Crippen LogP contribution in [0.2, 0.25) is 13.1 Å². The number of hydrogen-bond donors (Lipinski definition) is 1. The Morgan fingerprint density at radius 2 is 1.58 bits per heavy atom. The van der Waals surface area contributed by atoms with Gasteiger partial charge in [0.05, 0.1) is 14.4 Å². The zero-order valence-electron chi connectivity index (χ0n) is 11.0. The molecule has 3 nitrogen and oxygen atoms in total. The van der Waals surface area contributed by atoms with E-state index in [-0.39, 0.29) is 11.7 Å². The summed E-state index contributed by atoms with van der Waals surface area (Å²) in [7, 11) is -0.835. The maximum Gasteiger partial charge on any atom is 0.343 e. The molecule has 0 amide bonds. The summed E-state index contributed by atoms with van der Waals surface area (Å²) in [6.45, 7) is 4.48. The van der Waals surface area contributed by atoms with Crippen molar-refractivity contribution in [2.75, 3.05) is 0 Å². The fourth-order valence-electron chi connectivity index (χ4n) is 1.68. The molecular weight excluding hydrogens is 256 g/mol. The van der Waals surface area contributed by atoms with Gasteiger partial charge < -0.3 is 9.84 Å². The number of carbonyl (C=O) groups excluding carboxylic acids is 1. The molecule has 0 aliphatic carbocycles. The van der Waals surface area contributed by atoms with Crippen LogP contribution < -0.4 is 9.92 Å². The Morgan fingerprint density at radius 3 is 2.11 bits per heavy atom. The van der Waals surface area contributed by atoms with Crippen molar-refractivity contribution >= 4 is 20.0 Å². The van der Waals surface area contributed by atoms with Crippen LogP contribution >= 0.6 is 0 Å². The molecule has 4 heteroatoms. The van der Waals surface area contributed by atoms with Crippen LogP contribution in [0.25, 0.3) is 0 Å². The number of esters is 1. The molecule has 0 heterocycles. The van der Waals surface area contributed by atoms with Crippen molar-refractivity contribution in [3.8, 4) is 11.5 Å². The summed E-state index contributed by atoms with van der Waals surface area (Å²) >= 11 is 0. The van der Waals surface area contributed by atoms with Crippen LogP contribution in [0.5, 0.6) is 11.5 Å². The number of aromatic hydroxyl groups is 1. The maximum absolute atomic E-state index is 11.9. The number of phenolic OH excluding ortho intramolecular Hbond substituents is 1. The summed E-state index contributed by atoms with van der Waals surface area (Å²) in [5, 5.41) is 10.5. The molecule has 0 bridgehead atoms. The number of phenols is 1. The second-order valence-corrected chi connectivity index (χ2v) is 7.64. The fraction of sp³-hybridized carbons (Fsp3) is 0.133. The molecule has 0 aromatic heterocycles. The van der Waals surface area contributed by atoms with Crippen LogP contribution in [-0.2, 0) is 0 Å². The van der Waals surface area contributed by atoms with Crippen LogP contribution in [0.15, 0.2) is 48.5 Å². The lowest BCUT2D eigenvalue weighted by Gasteiger charge is -2.06. The summed E-state index contributed by atoms with van der Waals surface area (Å²) in [6, 6.07) is 13.7. The molecule has 2 rings (SSSR count). The van der Waals surface area contributed by atoms with Gasteiger partial charge >= 0.3 is 5.97 Å². The Hall–Kier alpha value is -2.07. The molecule has 0 saturated carbocycles. The van der Waals surface area contributed by atoms with E-state index in [1.807, 2.05) is 12.1 Å². The van der Waals surface area contributed by atoms with Gasteiger partial charge in [0.2, 0.25) is 0 Å². The minimum atomic E-state index is -0.835. The van der Waals surface area contributed by atoms with Crippen LogP contribution in [0, 0.1) is 0 Å². The lowest BCUT2D eigenvalue weighted by atomic mass is 10.2. The second-order valence-electron chi connectivity index (χ2n) is 4.66. The first-order valence-corrected chi connectivity index (χ1v) is 9.06. The first kappa shape index (κ1) is 13.4. The molecule has 0 saturated heterocycles. The number of benzene rings is 2. The Bertz CT molecular complexity index is 559. The van der Waals surface area contributed by atoms with E-state index in [4.69, 9.17) is 9.84 Å². The number of carbonyl (C=O) groups is 1. The van der Waals surface area contributed by atoms with Crippen molar-refractivity contribution in [1.82, 2.24) is 0 Å². The highest BCUT2D eigenvalue weighted by molar-refractivity contribution is 6.70. The highest BCUT2D eigenvalue weighted by atomic mass is 28.3. The lowest BCUT2D eigenvalue weighted by Crippen LogP contribution is -2.22. The molecule has 0 aliphatic heterocycles. The Balaban J connectivity index is 2.09. The van der Waals surface area contributed by atoms with Crippen LogP contribution in [0.3, 0.4) is 0 Å². The van der Waals surface area contributed by atoms with E-state index in [1.165, 1.54) is 17.3 Å². The van der Waals surface area contributed by atoms with E-state index in [2.05, 4.69) is 13.1 Å². The largest absolute Gasteiger partial charge is 0.508 e. The van der Waals surface area contributed by atoms with Gasteiger partial charge in [0.1, 0.15) is 11.5 Å². The van der Waals surface area contributed by atoms with Crippen LogP contribution in [0.4, 0.5) is 0 Å². The van der Waals surface area contributed by atoms with Gasteiger partial charge in [0.25, 0.3) is 0 Å². The Kier molecular flexibility index (Phi) is 4.02. The normalized spacial score (nSPS) is 10.5. The quantitative estimate of drug-likeness (QED) is 0.530. The van der Waals surface area contributed by atoms with Gasteiger partial charge in [-0.2, -0.15) is 0 Å². The average molecular weight is 272 g/mol. The van der Waals surface area contributed by atoms with Gasteiger partial charge in [-0.05, 0) is 36.4 Å². The van der Waals surface area contributed by atoms with Gasteiger partial charge in [-0.1, -0.05) is 30.4 Å². The minimum Gasteiger partial charge on any atom is -0.508 e. The van der Waals surface area contributed by atoms with Crippen LogP contribution in [0.1, 0.15) is 10.4 Å². The highest BCUT2D eigenvalue weighted by Gasteiger charge is 2.09. The van der Waals surface area contributed by atoms with Crippen molar-refractivity contribution < 1.29 is 14.6 Å². The Labute approximate surface area is 114 Å². The summed E-state index contributed by atoms with van der Waals surface area (Å²) < 4.78 is 5.22. The van der Waals surface area contributed by atoms with Crippen molar-refractivity contribution in [3.05, 3.63) is 54.1 Å². The monoisotopic (exact) mass is 272 g/mol. The van der Waals surface area contributed by atoms with Gasteiger partial charge in [-0.3, -0.25) is 0 Å². The van der Waals surface area contributed by atoms with E-state index in [0.717, 1.165) is 0 Å². The minimum absolute atomic E-state index is 0.144. The molecule has 19 heavy (non-hydrogen) atoms. The molecule has 2 aromatic carbocycles. The SMILES string of the molecule is C[SiH](C)c1ccc(C(=O)Oc2ccc(O)cc2)cc1. The molecule has 1 N–H and O–H groups in total. The molecule has 0 spiro atoms. The Morgan fingerprint density at radius 1 is 1.00 bits per heavy atom. The number of hydrogen-bond acceptors (Lipinski definition) is 3. The molecular formula is C15H16O3Si. The molecule has 0 radical (unpaired) electrons. The van der Waals surface area contributed by atoms with E-state index in [9.17, 15) is 4.79 Å². The third-order valence-electron chi connectivity index (χ3n) is 2.86. The molecule has 98 valence electrons. The van der Waals surface area contributed by atoms with E-state index in [1.54, 1.807) is 24.3 Å². The first-order valence-electron chi connectivity index (χ1n) is 6.17. The lowest BCUT2D eigenvalue weighted by molar-refractivity contribution is 0.0734. The third-order valence-corrected chi connectivity index (χ3v) is 4.58. The maximum atomic E-state index is 11.9. The second kappa shape index (κ2) is 5.71. The number of ether oxygens (including phenoxy) is 1. The molecule has 0 atom stereocenters. The van der Waals surface area contributed by atoms with E-state index in [0.29, 0.717) is 11.3 Å². The average Bonchev–Trinajstić information content (AvgIpc) is 2.41. The number of rotatable bonds is 3. The summed E-state index contributed by atoms with van der Waals surface area (Å²) in [5.74, 6) is 0.179. The molecule has 2 aromatic rings. The molecule has 0 fully saturated rings. The molecule has 0 aliphatic rings. The van der Waals surface area contributed by atoms with Gasteiger partial charge in [0, 0.05) is 0 Å². The smallest absolute Gasteiger partial charge is 0.343 e. The van der Waals surface area contributed by atoms with Crippen molar-refractivity contribution in [2.24, 2.45) is 0 Å². The van der Waals surface area contributed by atoms with Gasteiger partial charge in [-0.15, -0.1) is 0 Å². The highest BCUT2D eigenvalue weighted by Crippen LogP contribution is 2.17. The van der Waals surface area contributed by atoms with Crippen molar-refractivity contribution in [1.29, 1.82) is 0 Å². The predicted molar refractivity (Wildman–Crippen MR) is 78.0 cm³/mol. The van der Waals surface area contributed by atoms with E-state index < -0.39 is 8.80 Å². The molecule has 0 unspecified atom stereocenters. The predicted octanol–water partition coefficient (Wildman–Crippen LogP) is 2.31. The first-order chi connectivity index (χ1) is 9.06. The zero-order valence-corrected chi connectivity index (χ0v) is 12.1. The summed E-state index contributed by atoms with van der Waals surface area (Å²) in [6.07, 6.45) is 0. The van der Waals surface area contributed by atoms with Crippen molar-refractivity contribution in [3.63, 3.8) is 0 Å². The van der Waals surface area contributed by atoms with Gasteiger partial charge in [0.15, 0.2) is 0 Å². The van der Waals surface area contributed by atoms with Crippen molar-refractivity contribution in [2.45, 2.75) is 13.1 Å². The fourth-order valence-corrected chi connectivity index (χ4v) is 2.65. The van der Waals surface area contributed by atoms with E-state index >= 15 is 0 Å². The standard InChI is InChI=1S/C15H16O3Si/c1-19(2)14-9-3-11(4-10-14)15(17)18-13-7-5-12(16)6-8-13/h3-10,16,19H,1-2H3. The topological polar surface area (TPSA) is 46.5 Å². The summed E-state index contributed by atoms with van der Waals surface area (Å²) in [4.78, 5) is 11.9. The van der Waals surface area contributed by atoms with Crippen LogP contribution in [-0.4, -0.2) is 19.9 Å². The third kappa shape index (κ3) is 3.45. The zero-order chi connectivity index (χ0) is 13.8. The summed E-state index contributed by atoms with van der Waals surface area (Å²) in [5.41, 5.74) is 0.534. The van der Waals surface area contributed by atoms with Gasteiger partial charge in [-0.25, -0.2) is 4.79 Å².